The van der Waals surface area contributed by atoms with Crippen LogP contribution in [0.1, 0.15) is 45.3 Å². The van der Waals surface area contributed by atoms with Gasteiger partial charge in [-0.3, -0.25) is 14.3 Å². The van der Waals surface area contributed by atoms with Gasteiger partial charge in [0.1, 0.15) is 11.6 Å². The number of para-hydroxylation sites is 2. The van der Waals surface area contributed by atoms with Crippen molar-refractivity contribution in [1.82, 2.24) is 38.9 Å². The molecule has 4 aromatic rings. The molecule has 0 spiro atoms. The van der Waals surface area contributed by atoms with Gasteiger partial charge in [-0.05, 0) is 26.0 Å². The lowest BCUT2D eigenvalue weighted by molar-refractivity contribution is -0.138. The molecule has 2 aliphatic heterocycles. The lowest BCUT2D eigenvalue weighted by atomic mass is 10.2. The predicted molar refractivity (Wildman–Crippen MR) is 150 cm³/mol. The summed E-state index contributed by atoms with van der Waals surface area (Å²) in [5.74, 6) is 3.56. The highest BCUT2D eigenvalue weighted by atomic mass is 16.5. The second-order valence-corrected chi connectivity index (χ2v) is 11.0. The average Bonchev–Trinajstić information content (AvgIpc) is 3.47. The minimum Gasteiger partial charge on any atom is -0.378 e. The fourth-order valence-corrected chi connectivity index (χ4v) is 5.58. The topological polar surface area (TPSA) is 97.4 Å². The Morgan fingerprint density at radius 3 is 2.44 bits per heavy atom. The number of anilines is 1. The fourth-order valence-electron chi connectivity index (χ4n) is 5.58. The molecule has 206 valence electrons. The molecule has 11 nitrogen and oxygen atoms in total. The number of nitrogens with zero attached hydrogens (tertiary/aromatic N) is 9. The van der Waals surface area contributed by atoms with Crippen LogP contribution in [0.15, 0.2) is 24.3 Å². The molecule has 0 bridgehead atoms. The Kier molecular flexibility index (Phi) is 6.72. The minimum absolute atomic E-state index is 0.166. The number of fused-ring (bicyclic) bond motifs is 2. The highest BCUT2D eigenvalue weighted by Crippen LogP contribution is 2.30. The van der Waals surface area contributed by atoms with Crippen molar-refractivity contribution in [3.8, 4) is 5.95 Å². The van der Waals surface area contributed by atoms with E-state index in [0.29, 0.717) is 32.3 Å². The summed E-state index contributed by atoms with van der Waals surface area (Å²) in [5, 5.41) is 0. The molecule has 2 aliphatic rings. The molecule has 2 fully saturated rings. The SMILES string of the molecule is CC(C)c1nc2ccccc2n1-c1nc(N2CCOCC2)c2nc(CN3CCN(C(C)C)C(=O)C3)n(C)c2n1. The number of aryl methyl sites for hydroxylation is 1. The number of carbonyl (C=O) groups excluding carboxylic acids is 1. The Labute approximate surface area is 228 Å². The van der Waals surface area contributed by atoms with Gasteiger partial charge >= 0.3 is 0 Å². The van der Waals surface area contributed by atoms with Crippen molar-refractivity contribution in [2.45, 2.75) is 46.2 Å². The molecule has 5 heterocycles. The number of piperazine rings is 1. The first-order valence-corrected chi connectivity index (χ1v) is 13.9. The van der Waals surface area contributed by atoms with E-state index in [9.17, 15) is 4.79 Å². The first kappa shape index (κ1) is 25.7. The Bertz CT molecular complexity index is 1520. The number of carbonyl (C=O) groups is 1. The standard InChI is InChI=1S/C28H37N9O2/c1-18(2)25-29-20-8-6-7-9-21(20)37(25)28-31-26-24(27(32-28)35-12-14-39-15-13-35)30-22(33(26)5)16-34-10-11-36(19(3)4)23(38)17-34/h6-9,18-19H,10-17H2,1-5H3. The zero-order valence-electron chi connectivity index (χ0n) is 23.5. The van der Waals surface area contributed by atoms with Crippen molar-refractivity contribution in [1.29, 1.82) is 0 Å². The fraction of sp³-hybridized carbons (Fsp3) is 0.536. The van der Waals surface area contributed by atoms with Crippen LogP contribution in [-0.4, -0.2) is 96.8 Å². The number of benzene rings is 1. The number of hydrogen-bond acceptors (Lipinski definition) is 8. The predicted octanol–water partition coefficient (Wildman–Crippen LogP) is 2.71. The van der Waals surface area contributed by atoms with Gasteiger partial charge in [-0.25, -0.2) is 9.97 Å². The highest BCUT2D eigenvalue weighted by Gasteiger charge is 2.29. The molecular weight excluding hydrogens is 494 g/mol. The number of ether oxygens (including phenoxy) is 1. The third kappa shape index (κ3) is 4.63. The molecule has 0 radical (unpaired) electrons. The van der Waals surface area contributed by atoms with E-state index < -0.39 is 0 Å². The van der Waals surface area contributed by atoms with E-state index >= 15 is 0 Å². The monoisotopic (exact) mass is 531 g/mol. The maximum Gasteiger partial charge on any atom is 0.239 e. The second-order valence-electron chi connectivity index (χ2n) is 11.0. The third-order valence-electron chi connectivity index (χ3n) is 7.72. The number of rotatable bonds is 6. The molecule has 0 saturated carbocycles. The minimum atomic E-state index is 0.166. The van der Waals surface area contributed by atoms with E-state index in [1.807, 2.05) is 30.1 Å². The normalized spacial score (nSPS) is 17.5. The molecular formula is C28H37N9O2. The summed E-state index contributed by atoms with van der Waals surface area (Å²) in [6, 6.07) is 8.34. The van der Waals surface area contributed by atoms with Crippen LogP contribution in [0.2, 0.25) is 0 Å². The summed E-state index contributed by atoms with van der Waals surface area (Å²) < 4.78 is 9.78. The molecule has 0 unspecified atom stereocenters. The van der Waals surface area contributed by atoms with Crippen LogP contribution in [0, 0.1) is 0 Å². The van der Waals surface area contributed by atoms with Gasteiger partial charge in [-0.2, -0.15) is 9.97 Å². The van der Waals surface area contributed by atoms with Crippen LogP contribution in [0.4, 0.5) is 5.82 Å². The summed E-state index contributed by atoms with van der Waals surface area (Å²) in [5.41, 5.74) is 3.46. The van der Waals surface area contributed by atoms with E-state index in [1.165, 1.54) is 0 Å². The van der Waals surface area contributed by atoms with E-state index in [0.717, 1.165) is 65.8 Å². The van der Waals surface area contributed by atoms with Gasteiger partial charge < -0.3 is 19.1 Å². The van der Waals surface area contributed by atoms with Crippen molar-refractivity contribution in [3.63, 3.8) is 0 Å². The Morgan fingerprint density at radius 1 is 0.949 bits per heavy atom. The number of amides is 1. The Hall–Kier alpha value is -3.57. The molecule has 1 aromatic carbocycles. The van der Waals surface area contributed by atoms with Crippen LogP contribution in [0.5, 0.6) is 0 Å². The van der Waals surface area contributed by atoms with Crippen LogP contribution in [0.3, 0.4) is 0 Å². The van der Waals surface area contributed by atoms with Crippen molar-refractivity contribution >= 4 is 33.9 Å². The summed E-state index contributed by atoms with van der Waals surface area (Å²) in [6.07, 6.45) is 0. The van der Waals surface area contributed by atoms with Gasteiger partial charge in [-0.15, -0.1) is 0 Å². The van der Waals surface area contributed by atoms with Crippen LogP contribution in [-0.2, 0) is 23.1 Å². The van der Waals surface area contributed by atoms with Crippen molar-refractivity contribution < 1.29 is 9.53 Å². The van der Waals surface area contributed by atoms with Crippen molar-refractivity contribution in [3.05, 3.63) is 35.9 Å². The van der Waals surface area contributed by atoms with Crippen LogP contribution >= 0.6 is 0 Å². The Balaban J connectivity index is 1.46. The molecule has 0 N–H and O–H groups in total. The maximum atomic E-state index is 12.7. The van der Waals surface area contributed by atoms with E-state index in [4.69, 9.17) is 24.7 Å². The summed E-state index contributed by atoms with van der Waals surface area (Å²) in [6.45, 7) is 13.7. The van der Waals surface area contributed by atoms with E-state index in [1.54, 1.807) is 0 Å². The number of hydrogen-bond donors (Lipinski definition) is 0. The number of aromatic nitrogens is 6. The first-order valence-electron chi connectivity index (χ1n) is 13.9. The molecule has 39 heavy (non-hydrogen) atoms. The Morgan fingerprint density at radius 2 is 1.72 bits per heavy atom. The van der Waals surface area contributed by atoms with Gasteiger partial charge in [0.15, 0.2) is 17.0 Å². The molecule has 11 heteroatoms. The summed E-state index contributed by atoms with van der Waals surface area (Å²) in [7, 11) is 2.01. The molecule has 0 aliphatic carbocycles. The zero-order valence-corrected chi connectivity index (χ0v) is 23.5. The van der Waals surface area contributed by atoms with Crippen LogP contribution in [0.25, 0.3) is 28.1 Å². The zero-order chi connectivity index (χ0) is 27.3. The third-order valence-corrected chi connectivity index (χ3v) is 7.72. The molecule has 6 rings (SSSR count). The lowest BCUT2D eigenvalue weighted by Crippen LogP contribution is -2.52. The van der Waals surface area contributed by atoms with Crippen LogP contribution < -0.4 is 4.90 Å². The van der Waals surface area contributed by atoms with Gasteiger partial charge in [0.2, 0.25) is 11.9 Å². The van der Waals surface area contributed by atoms with E-state index in [-0.39, 0.29) is 17.9 Å². The largest absolute Gasteiger partial charge is 0.378 e. The van der Waals surface area contributed by atoms with Gasteiger partial charge in [0, 0.05) is 45.2 Å². The van der Waals surface area contributed by atoms with Gasteiger partial charge in [0.25, 0.3) is 0 Å². The van der Waals surface area contributed by atoms with Gasteiger partial charge in [-0.1, -0.05) is 26.0 Å². The first-order chi connectivity index (χ1) is 18.8. The van der Waals surface area contributed by atoms with Gasteiger partial charge in [0.05, 0.1) is 37.3 Å². The number of morpholine rings is 1. The smallest absolute Gasteiger partial charge is 0.239 e. The summed E-state index contributed by atoms with van der Waals surface area (Å²) >= 11 is 0. The molecule has 3 aromatic heterocycles. The molecule has 1 amide bonds. The second kappa shape index (κ2) is 10.2. The quantitative estimate of drug-likeness (QED) is 0.375. The molecule has 2 saturated heterocycles. The molecule has 0 atom stereocenters. The average molecular weight is 532 g/mol. The highest BCUT2D eigenvalue weighted by molar-refractivity contribution is 5.86. The lowest BCUT2D eigenvalue weighted by Gasteiger charge is -2.36. The maximum absolute atomic E-state index is 12.7. The van der Waals surface area contributed by atoms with Crippen molar-refractivity contribution in [2.24, 2.45) is 7.05 Å². The summed E-state index contributed by atoms with van der Waals surface area (Å²) in [4.78, 5) is 39.3. The van der Waals surface area contributed by atoms with E-state index in [2.05, 4.69) is 52.7 Å². The number of imidazole rings is 2. The van der Waals surface area contributed by atoms with Crippen molar-refractivity contribution in [2.75, 3.05) is 50.8 Å².